The molecule has 0 radical (unpaired) electrons. The van der Waals surface area contributed by atoms with Crippen molar-refractivity contribution in [1.29, 1.82) is 0 Å². The van der Waals surface area contributed by atoms with Gasteiger partial charge in [0.2, 0.25) is 0 Å². The summed E-state index contributed by atoms with van der Waals surface area (Å²) < 4.78 is 5.30. The Morgan fingerprint density at radius 2 is 1.96 bits per heavy atom. The zero-order chi connectivity index (χ0) is 19.7. The van der Waals surface area contributed by atoms with Gasteiger partial charge in [-0.05, 0) is 55.8 Å². The zero-order valence-electron chi connectivity index (χ0n) is 15.6. The number of halogens is 1. The first-order chi connectivity index (χ1) is 13.5. The van der Waals surface area contributed by atoms with Crippen LogP contribution >= 0.6 is 11.6 Å². The zero-order valence-corrected chi connectivity index (χ0v) is 16.4. The molecule has 5 heteroatoms. The molecule has 28 heavy (non-hydrogen) atoms. The number of rotatable bonds is 4. The lowest BCUT2D eigenvalue weighted by atomic mass is 9.99. The van der Waals surface area contributed by atoms with Crippen molar-refractivity contribution in [2.24, 2.45) is 0 Å². The summed E-state index contributed by atoms with van der Waals surface area (Å²) in [7, 11) is 0. The molecule has 2 heterocycles. The van der Waals surface area contributed by atoms with Gasteiger partial charge in [-0.2, -0.15) is 0 Å². The average Bonchev–Trinajstić information content (AvgIpc) is 3.19. The van der Waals surface area contributed by atoms with Crippen LogP contribution in [0.3, 0.4) is 0 Å². The molecule has 1 amide bonds. The minimum absolute atomic E-state index is 0.197. The molecule has 0 unspecified atom stereocenters. The van der Waals surface area contributed by atoms with Crippen molar-refractivity contribution in [2.45, 2.75) is 20.4 Å². The second-order valence-electron chi connectivity index (χ2n) is 6.80. The standard InChI is InChI=1S/C23H19ClN2O2/c1-14-5-7-18(15(2)10-14)22-12-20(19-11-16(24)6-8-21(19)26-22)23(27)25-13-17-4-3-9-28-17/h3-12H,13H2,1-2H3,(H,25,27). The van der Waals surface area contributed by atoms with Crippen molar-refractivity contribution in [3.63, 3.8) is 0 Å². The summed E-state index contributed by atoms with van der Waals surface area (Å²) in [4.78, 5) is 17.7. The van der Waals surface area contributed by atoms with Crippen LogP contribution in [0.2, 0.25) is 5.02 Å². The Balaban J connectivity index is 1.80. The van der Waals surface area contributed by atoms with Gasteiger partial charge in [0.05, 0.1) is 29.6 Å². The van der Waals surface area contributed by atoms with Crippen molar-refractivity contribution >= 4 is 28.4 Å². The SMILES string of the molecule is Cc1ccc(-c2cc(C(=O)NCc3ccco3)c3cc(Cl)ccc3n2)c(C)c1. The van der Waals surface area contributed by atoms with Crippen molar-refractivity contribution in [2.75, 3.05) is 0 Å². The fourth-order valence-electron chi connectivity index (χ4n) is 3.30. The summed E-state index contributed by atoms with van der Waals surface area (Å²) in [6, 6.07) is 17.0. The fourth-order valence-corrected chi connectivity index (χ4v) is 3.47. The first kappa shape index (κ1) is 18.3. The van der Waals surface area contributed by atoms with E-state index in [1.54, 1.807) is 24.5 Å². The predicted molar refractivity (Wildman–Crippen MR) is 112 cm³/mol. The molecule has 140 valence electrons. The van der Waals surface area contributed by atoms with Crippen LogP contribution < -0.4 is 5.32 Å². The highest BCUT2D eigenvalue weighted by atomic mass is 35.5. The monoisotopic (exact) mass is 390 g/mol. The molecule has 1 N–H and O–H groups in total. The van der Waals surface area contributed by atoms with Crippen LogP contribution in [0.4, 0.5) is 0 Å². The molecule has 4 rings (SSSR count). The molecule has 4 nitrogen and oxygen atoms in total. The maximum Gasteiger partial charge on any atom is 0.252 e. The third kappa shape index (κ3) is 3.64. The number of aryl methyl sites for hydroxylation is 2. The first-order valence-electron chi connectivity index (χ1n) is 9.00. The molecule has 2 aromatic carbocycles. The molecule has 0 atom stereocenters. The van der Waals surface area contributed by atoms with Crippen molar-refractivity contribution < 1.29 is 9.21 Å². The van der Waals surface area contributed by atoms with E-state index in [1.165, 1.54) is 5.56 Å². The van der Waals surface area contributed by atoms with Gasteiger partial charge in [0, 0.05) is 16.0 Å². The number of nitrogens with one attached hydrogen (secondary N) is 1. The van der Waals surface area contributed by atoms with Crippen LogP contribution in [0.1, 0.15) is 27.2 Å². The van der Waals surface area contributed by atoms with Gasteiger partial charge in [0.15, 0.2) is 0 Å². The number of furan rings is 1. The van der Waals surface area contributed by atoms with Gasteiger partial charge >= 0.3 is 0 Å². The summed E-state index contributed by atoms with van der Waals surface area (Å²) in [5, 5.41) is 4.20. The third-order valence-electron chi connectivity index (χ3n) is 4.68. The van der Waals surface area contributed by atoms with E-state index in [0.29, 0.717) is 22.9 Å². The Morgan fingerprint density at radius 3 is 2.71 bits per heavy atom. The quantitative estimate of drug-likeness (QED) is 0.486. The lowest BCUT2D eigenvalue weighted by molar-refractivity contribution is 0.0949. The first-order valence-corrected chi connectivity index (χ1v) is 9.37. The summed E-state index contributed by atoms with van der Waals surface area (Å²) in [6.45, 7) is 4.42. The van der Waals surface area contributed by atoms with E-state index in [1.807, 2.05) is 37.3 Å². The molecular weight excluding hydrogens is 372 g/mol. The molecule has 0 bridgehead atoms. The smallest absolute Gasteiger partial charge is 0.252 e. The molecule has 2 aromatic heterocycles. The van der Waals surface area contributed by atoms with E-state index in [2.05, 4.69) is 18.3 Å². The van der Waals surface area contributed by atoms with Crippen LogP contribution in [-0.4, -0.2) is 10.9 Å². The molecule has 0 saturated carbocycles. The van der Waals surface area contributed by atoms with Crippen molar-refractivity contribution in [3.8, 4) is 11.3 Å². The number of pyridine rings is 1. The molecule has 4 aromatic rings. The number of hydrogen-bond donors (Lipinski definition) is 1. The average molecular weight is 391 g/mol. The summed E-state index contributed by atoms with van der Waals surface area (Å²) in [6.07, 6.45) is 1.58. The van der Waals surface area contributed by atoms with E-state index >= 15 is 0 Å². The largest absolute Gasteiger partial charge is 0.467 e. The Morgan fingerprint density at radius 1 is 1.11 bits per heavy atom. The van der Waals surface area contributed by atoms with Gasteiger partial charge < -0.3 is 9.73 Å². The number of fused-ring (bicyclic) bond motifs is 1. The van der Waals surface area contributed by atoms with Gasteiger partial charge in [0.25, 0.3) is 5.91 Å². The minimum Gasteiger partial charge on any atom is -0.467 e. The van der Waals surface area contributed by atoms with Crippen LogP contribution in [0.15, 0.2) is 65.3 Å². The molecule has 0 aliphatic rings. The summed E-state index contributed by atoms with van der Waals surface area (Å²) >= 11 is 6.18. The van der Waals surface area contributed by atoms with E-state index in [0.717, 1.165) is 27.7 Å². The highest BCUT2D eigenvalue weighted by Gasteiger charge is 2.16. The van der Waals surface area contributed by atoms with Crippen molar-refractivity contribution in [3.05, 3.63) is 88.3 Å². The van der Waals surface area contributed by atoms with E-state index in [-0.39, 0.29) is 5.91 Å². The molecular formula is C23H19ClN2O2. The Kier molecular flexibility index (Phi) is 4.88. The van der Waals surface area contributed by atoms with Gasteiger partial charge in [-0.1, -0.05) is 35.4 Å². The number of carbonyl (C=O) groups excluding carboxylic acids is 1. The van der Waals surface area contributed by atoms with E-state index in [9.17, 15) is 4.79 Å². The van der Waals surface area contributed by atoms with Crippen LogP contribution in [0.25, 0.3) is 22.2 Å². The number of nitrogens with zero attached hydrogens (tertiary/aromatic N) is 1. The van der Waals surface area contributed by atoms with Crippen molar-refractivity contribution in [1.82, 2.24) is 10.3 Å². The normalized spacial score (nSPS) is 11.0. The molecule has 0 fully saturated rings. The summed E-state index contributed by atoms with van der Waals surface area (Å²) in [5.41, 5.74) is 5.32. The molecule has 0 spiro atoms. The van der Waals surface area contributed by atoms with Gasteiger partial charge in [-0.3, -0.25) is 4.79 Å². The maximum atomic E-state index is 13.0. The highest BCUT2D eigenvalue weighted by molar-refractivity contribution is 6.31. The Labute approximate surface area is 168 Å². The lowest BCUT2D eigenvalue weighted by Gasteiger charge is -2.12. The van der Waals surface area contributed by atoms with Gasteiger partial charge in [-0.15, -0.1) is 0 Å². The Bertz CT molecular complexity index is 1170. The van der Waals surface area contributed by atoms with Gasteiger partial charge in [-0.25, -0.2) is 4.98 Å². The summed E-state index contributed by atoms with van der Waals surface area (Å²) in [5.74, 6) is 0.497. The second kappa shape index (κ2) is 7.49. The molecule has 0 aliphatic carbocycles. The van der Waals surface area contributed by atoms with Gasteiger partial charge in [0.1, 0.15) is 5.76 Å². The van der Waals surface area contributed by atoms with E-state index < -0.39 is 0 Å². The number of benzene rings is 2. The number of carbonyl (C=O) groups is 1. The van der Waals surface area contributed by atoms with E-state index in [4.69, 9.17) is 21.0 Å². The fraction of sp³-hybridized carbons (Fsp3) is 0.130. The number of hydrogen-bond acceptors (Lipinski definition) is 3. The predicted octanol–water partition coefficient (Wildman–Crippen LogP) is 5.70. The number of aromatic nitrogens is 1. The van der Waals surface area contributed by atoms with Crippen LogP contribution in [0, 0.1) is 13.8 Å². The third-order valence-corrected chi connectivity index (χ3v) is 4.91. The topological polar surface area (TPSA) is 55.1 Å². The maximum absolute atomic E-state index is 13.0. The minimum atomic E-state index is -0.197. The second-order valence-corrected chi connectivity index (χ2v) is 7.23. The lowest BCUT2D eigenvalue weighted by Crippen LogP contribution is -2.23. The Hall–Kier alpha value is -3.11. The van der Waals surface area contributed by atoms with Crippen LogP contribution in [0.5, 0.6) is 0 Å². The highest BCUT2D eigenvalue weighted by Crippen LogP contribution is 2.29. The molecule has 0 aliphatic heterocycles. The molecule has 0 saturated heterocycles. The van der Waals surface area contributed by atoms with Crippen LogP contribution in [-0.2, 0) is 6.54 Å². The number of amides is 1.